The molecule has 7 nitrogen and oxygen atoms in total. The van der Waals surface area contributed by atoms with Gasteiger partial charge in [0.2, 0.25) is 11.8 Å². The number of nitrogens with zero attached hydrogens (tertiary/aromatic N) is 2. The number of aromatic nitrogens is 2. The zero-order valence-corrected chi connectivity index (χ0v) is 14.5. The van der Waals surface area contributed by atoms with E-state index in [1.165, 1.54) is 0 Å². The third kappa shape index (κ3) is 4.17. The van der Waals surface area contributed by atoms with Crippen LogP contribution in [0.5, 0.6) is 0 Å². The van der Waals surface area contributed by atoms with Gasteiger partial charge in [-0.2, -0.15) is 0 Å². The molecule has 0 radical (unpaired) electrons. The van der Waals surface area contributed by atoms with Gasteiger partial charge in [0.05, 0.1) is 17.6 Å². The lowest BCUT2D eigenvalue weighted by Crippen LogP contribution is -2.35. The van der Waals surface area contributed by atoms with Crippen molar-refractivity contribution in [3.8, 4) is 0 Å². The molecule has 2 amide bonds. The van der Waals surface area contributed by atoms with E-state index in [1.54, 1.807) is 0 Å². The SMILES string of the molecule is CCCNC(=O)Cn1c(CNC(=O)C2CCCO2)nc2ccccc21. The molecule has 1 aromatic carbocycles. The minimum Gasteiger partial charge on any atom is -0.368 e. The molecule has 2 heterocycles. The number of imidazole rings is 1. The number of rotatable bonds is 7. The fourth-order valence-corrected chi connectivity index (χ4v) is 2.97. The van der Waals surface area contributed by atoms with Crippen LogP contribution in [0, 0.1) is 0 Å². The normalized spacial score (nSPS) is 16.9. The zero-order valence-electron chi connectivity index (χ0n) is 14.5. The molecule has 134 valence electrons. The van der Waals surface area contributed by atoms with Gasteiger partial charge >= 0.3 is 0 Å². The third-order valence-electron chi connectivity index (χ3n) is 4.25. The fourth-order valence-electron chi connectivity index (χ4n) is 2.97. The highest BCUT2D eigenvalue weighted by molar-refractivity contribution is 5.82. The van der Waals surface area contributed by atoms with Crippen LogP contribution in [0.1, 0.15) is 32.0 Å². The van der Waals surface area contributed by atoms with Crippen LogP contribution in [-0.4, -0.2) is 40.6 Å². The molecule has 1 unspecified atom stereocenters. The minimum atomic E-state index is -0.370. The maximum Gasteiger partial charge on any atom is 0.249 e. The monoisotopic (exact) mass is 344 g/mol. The summed E-state index contributed by atoms with van der Waals surface area (Å²) in [5.74, 6) is 0.488. The summed E-state index contributed by atoms with van der Waals surface area (Å²) in [5, 5.41) is 5.76. The van der Waals surface area contributed by atoms with E-state index in [9.17, 15) is 9.59 Å². The van der Waals surface area contributed by atoms with Gasteiger partial charge < -0.3 is 19.9 Å². The van der Waals surface area contributed by atoms with Crippen LogP contribution < -0.4 is 10.6 Å². The molecule has 1 aliphatic rings. The molecule has 0 bridgehead atoms. The first-order chi connectivity index (χ1) is 12.2. The van der Waals surface area contributed by atoms with E-state index in [-0.39, 0.29) is 31.0 Å². The molecule has 7 heteroatoms. The van der Waals surface area contributed by atoms with Gasteiger partial charge in [-0.25, -0.2) is 4.98 Å². The maximum atomic E-state index is 12.2. The lowest BCUT2D eigenvalue weighted by molar-refractivity contribution is -0.130. The van der Waals surface area contributed by atoms with Crippen LogP contribution in [0.25, 0.3) is 11.0 Å². The zero-order chi connectivity index (χ0) is 17.6. The Kier molecular flexibility index (Phi) is 5.65. The minimum absolute atomic E-state index is 0.0586. The standard InChI is InChI=1S/C18H24N4O3/c1-2-9-19-17(23)12-22-14-7-4-3-6-13(14)21-16(22)11-20-18(24)15-8-5-10-25-15/h3-4,6-7,15H,2,5,8-12H2,1H3,(H,19,23)(H,20,24). The highest BCUT2D eigenvalue weighted by Gasteiger charge is 2.24. The fraction of sp³-hybridized carbons (Fsp3) is 0.500. The second kappa shape index (κ2) is 8.11. The van der Waals surface area contributed by atoms with E-state index in [2.05, 4.69) is 15.6 Å². The molecule has 0 aliphatic carbocycles. The molecule has 1 aliphatic heterocycles. The Hall–Kier alpha value is -2.41. The molecule has 1 saturated heterocycles. The predicted molar refractivity (Wildman–Crippen MR) is 93.9 cm³/mol. The van der Waals surface area contributed by atoms with Crippen molar-refractivity contribution < 1.29 is 14.3 Å². The Labute approximate surface area is 146 Å². The predicted octanol–water partition coefficient (Wildman–Crippen LogP) is 1.36. The number of hydrogen-bond acceptors (Lipinski definition) is 4. The van der Waals surface area contributed by atoms with Gasteiger partial charge in [-0.3, -0.25) is 9.59 Å². The number of carbonyl (C=O) groups excluding carboxylic acids is 2. The molecule has 1 atom stereocenters. The third-order valence-corrected chi connectivity index (χ3v) is 4.25. The van der Waals surface area contributed by atoms with Gasteiger partial charge in [0.15, 0.2) is 0 Å². The maximum absolute atomic E-state index is 12.2. The summed E-state index contributed by atoms with van der Waals surface area (Å²) >= 11 is 0. The number of hydrogen-bond donors (Lipinski definition) is 2. The highest BCUT2D eigenvalue weighted by Crippen LogP contribution is 2.17. The van der Waals surface area contributed by atoms with E-state index in [1.807, 2.05) is 35.8 Å². The number of fused-ring (bicyclic) bond motifs is 1. The van der Waals surface area contributed by atoms with Gasteiger partial charge in [-0.15, -0.1) is 0 Å². The number of amides is 2. The van der Waals surface area contributed by atoms with Crippen molar-refractivity contribution in [2.75, 3.05) is 13.2 Å². The summed E-state index contributed by atoms with van der Waals surface area (Å²) in [6.45, 7) is 3.75. The molecule has 2 N–H and O–H groups in total. The summed E-state index contributed by atoms with van der Waals surface area (Å²) in [6.07, 6.45) is 2.18. The summed E-state index contributed by atoms with van der Waals surface area (Å²) in [7, 11) is 0. The first-order valence-electron chi connectivity index (χ1n) is 8.79. The summed E-state index contributed by atoms with van der Waals surface area (Å²) in [4.78, 5) is 28.9. The second-order valence-corrected chi connectivity index (χ2v) is 6.17. The Morgan fingerprint density at radius 1 is 1.32 bits per heavy atom. The topological polar surface area (TPSA) is 85.2 Å². The van der Waals surface area contributed by atoms with E-state index >= 15 is 0 Å². The van der Waals surface area contributed by atoms with Crippen molar-refractivity contribution in [3.05, 3.63) is 30.1 Å². The lowest BCUT2D eigenvalue weighted by Gasteiger charge is -2.12. The Bertz CT molecular complexity index is 750. The van der Waals surface area contributed by atoms with Crippen LogP contribution in [-0.2, 0) is 27.4 Å². The van der Waals surface area contributed by atoms with E-state index < -0.39 is 0 Å². The van der Waals surface area contributed by atoms with E-state index in [0.29, 0.717) is 19.0 Å². The Morgan fingerprint density at radius 2 is 2.16 bits per heavy atom. The van der Waals surface area contributed by atoms with Crippen molar-refractivity contribution in [1.82, 2.24) is 20.2 Å². The summed E-state index contributed by atoms with van der Waals surface area (Å²) in [5.41, 5.74) is 1.70. The molecular formula is C18H24N4O3. The van der Waals surface area contributed by atoms with Gasteiger partial charge in [0.25, 0.3) is 0 Å². The highest BCUT2D eigenvalue weighted by atomic mass is 16.5. The second-order valence-electron chi connectivity index (χ2n) is 6.17. The molecule has 1 aromatic heterocycles. The quantitative estimate of drug-likeness (QED) is 0.794. The Balaban J connectivity index is 1.75. The van der Waals surface area contributed by atoms with Crippen LogP contribution >= 0.6 is 0 Å². The molecule has 25 heavy (non-hydrogen) atoms. The smallest absolute Gasteiger partial charge is 0.249 e. The van der Waals surface area contributed by atoms with Crippen molar-refractivity contribution in [3.63, 3.8) is 0 Å². The van der Waals surface area contributed by atoms with E-state index in [0.717, 1.165) is 30.3 Å². The van der Waals surface area contributed by atoms with Gasteiger partial charge in [0.1, 0.15) is 18.5 Å². The average molecular weight is 344 g/mol. The van der Waals surface area contributed by atoms with Crippen molar-refractivity contribution >= 4 is 22.8 Å². The molecular weight excluding hydrogens is 320 g/mol. The van der Waals surface area contributed by atoms with E-state index in [4.69, 9.17) is 4.74 Å². The van der Waals surface area contributed by atoms with Crippen LogP contribution in [0.3, 0.4) is 0 Å². The van der Waals surface area contributed by atoms with Crippen molar-refractivity contribution in [1.29, 1.82) is 0 Å². The average Bonchev–Trinajstić information content (AvgIpc) is 3.27. The number of ether oxygens (including phenoxy) is 1. The Morgan fingerprint density at radius 3 is 2.92 bits per heavy atom. The summed E-state index contributed by atoms with van der Waals surface area (Å²) < 4.78 is 7.26. The molecule has 0 saturated carbocycles. The van der Waals surface area contributed by atoms with Gasteiger partial charge in [-0.05, 0) is 31.4 Å². The van der Waals surface area contributed by atoms with Crippen LogP contribution in [0.2, 0.25) is 0 Å². The number of carbonyl (C=O) groups is 2. The van der Waals surface area contributed by atoms with Crippen molar-refractivity contribution in [2.45, 2.75) is 45.4 Å². The van der Waals surface area contributed by atoms with Crippen LogP contribution in [0.4, 0.5) is 0 Å². The molecule has 2 aromatic rings. The largest absolute Gasteiger partial charge is 0.368 e. The van der Waals surface area contributed by atoms with Crippen molar-refractivity contribution in [2.24, 2.45) is 0 Å². The summed E-state index contributed by atoms with van der Waals surface area (Å²) in [6, 6.07) is 7.66. The number of para-hydroxylation sites is 2. The van der Waals surface area contributed by atoms with Gasteiger partial charge in [-0.1, -0.05) is 19.1 Å². The molecule has 1 fully saturated rings. The van der Waals surface area contributed by atoms with Gasteiger partial charge in [0, 0.05) is 13.2 Å². The molecule has 3 rings (SSSR count). The number of benzene rings is 1. The first kappa shape index (κ1) is 17.4. The molecule has 0 spiro atoms. The van der Waals surface area contributed by atoms with Crippen LogP contribution in [0.15, 0.2) is 24.3 Å². The first-order valence-corrected chi connectivity index (χ1v) is 8.79. The lowest BCUT2D eigenvalue weighted by atomic mass is 10.2. The number of nitrogens with one attached hydrogen (secondary N) is 2.